The summed E-state index contributed by atoms with van der Waals surface area (Å²) in [6, 6.07) is 16.1. The molecular weight excluding hydrogens is 270 g/mol. The number of carbonyl (C=O) groups is 1. The van der Waals surface area contributed by atoms with Crippen LogP contribution in [-0.4, -0.2) is 5.91 Å². The average molecular weight is 295 g/mol. The highest BCUT2D eigenvalue weighted by molar-refractivity contribution is 5.96. The molecule has 1 N–H and O–H groups in total. The first-order valence-corrected chi connectivity index (χ1v) is 7.96. The van der Waals surface area contributed by atoms with E-state index in [-0.39, 0.29) is 11.8 Å². The Kier molecular flexibility index (Phi) is 5.37. The van der Waals surface area contributed by atoms with Gasteiger partial charge in [-0.3, -0.25) is 4.79 Å². The van der Waals surface area contributed by atoms with Crippen molar-refractivity contribution in [1.82, 2.24) is 0 Å². The summed E-state index contributed by atoms with van der Waals surface area (Å²) in [5.74, 6) is 0.257. The second-order valence-electron chi connectivity index (χ2n) is 6.01. The molecule has 2 aromatic rings. The molecule has 0 unspecified atom stereocenters. The Morgan fingerprint density at radius 3 is 2.36 bits per heavy atom. The van der Waals surface area contributed by atoms with Crippen LogP contribution in [0.15, 0.2) is 48.5 Å². The summed E-state index contributed by atoms with van der Waals surface area (Å²) in [5.41, 5.74) is 4.32. The van der Waals surface area contributed by atoms with Crippen LogP contribution < -0.4 is 5.32 Å². The first kappa shape index (κ1) is 16.3. The number of hydrogen-bond acceptors (Lipinski definition) is 1. The Bertz CT molecular complexity index is 633. The maximum atomic E-state index is 12.9. The minimum Gasteiger partial charge on any atom is -0.325 e. The third kappa shape index (κ3) is 3.56. The fourth-order valence-electron chi connectivity index (χ4n) is 2.73. The molecule has 0 spiro atoms. The van der Waals surface area contributed by atoms with E-state index < -0.39 is 0 Å². The lowest BCUT2D eigenvalue weighted by molar-refractivity contribution is -0.118. The Morgan fingerprint density at radius 2 is 1.73 bits per heavy atom. The summed E-state index contributed by atoms with van der Waals surface area (Å²) < 4.78 is 0. The molecule has 0 aliphatic heterocycles. The summed E-state index contributed by atoms with van der Waals surface area (Å²) in [6.07, 6.45) is 0.972. The van der Waals surface area contributed by atoms with Crippen LogP contribution >= 0.6 is 0 Å². The van der Waals surface area contributed by atoms with Gasteiger partial charge in [0.05, 0.1) is 5.92 Å². The first-order valence-electron chi connectivity index (χ1n) is 7.96. The van der Waals surface area contributed by atoms with Crippen molar-refractivity contribution in [3.05, 3.63) is 65.2 Å². The summed E-state index contributed by atoms with van der Waals surface area (Å²) in [6.45, 7) is 8.38. The average Bonchev–Trinajstić information content (AvgIpc) is 2.53. The van der Waals surface area contributed by atoms with Crippen molar-refractivity contribution >= 4 is 11.6 Å². The van der Waals surface area contributed by atoms with Crippen molar-refractivity contribution < 1.29 is 4.79 Å². The van der Waals surface area contributed by atoms with Gasteiger partial charge in [-0.25, -0.2) is 0 Å². The maximum Gasteiger partial charge on any atom is 0.232 e. The number of hydrogen-bond donors (Lipinski definition) is 1. The van der Waals surface area contributed by atoms with Gasteiger partial charge in [0.2, 0.25) is 5.91 Å². The molecule has 2 rings (SSSR count). The quantitative estimate of drug-likeness (QED) is 0.819. The number of amides is 1. The van der Waals surface area contributed by atoms with Crippen molar-refractivity contribution in [1.29, 1.82) is 0 Å². The largest absolute Gasteiger partial charge is 0.325 e. The number of benzene rings is 2. The number of rotatable bonds is 5. The third-order valence-electron chi connectivity index (χ3n) is 4.52. The molecule has 2 aromatic carbocycles. The lowest BCUT2D eigenvalue weighted by atomic mass is 9.84. The van der Waals surface area contributed by atoms with E-state index >= 15 is 0 Å². The van der Waals surface area contributed by atoms with Gasteiger partial charge in [-0.15, -0.1) is 0 Å². The minimum absolute atomic E-state index is 0.0780. The first-order chi connectivity index (χ1) is 10.5. The molecule has 0 radical (unpaired) electrons. The number of anilines is 1. The highest BCUT2D eigenvalue weighted by atomic mass is 16.1. The van der Waals surface area contributed by atoms with Gasteiger partial charge in [0.1, 0.15) is 0 Å². The highest BCUT2D eigenvalue weighted by Crippen LogP contribution is 2.29. The van der Waals surface area contributed by atoms with Crippen LogP contribution in [0.1, 0.15) is 42.9 Å². The zero-order chi connectivity index (χ0) is 16.1. The molecule has 0 bridgehead atoms. The minimum atomic E-state index is -0.119. The van der Waals surface area contributed by atoms with E-state index in [1.807, 2.05) is 49.4 Å². The monoisotopic (exact) mass is 295 g/mol. The second-order valence-corrected chi connectivity index (χ2v) is 6.01. The molecule has 0 saturated heterocycles. The van der Waals surface area contributed by atoms with Gasteiger partial charge in [0.15, 0.2) is 0 Å². The van der Waals surface area contributed by atoms with E-state index in [0.29, 0.717) is 5.92 Å². The fraction of sp³-hybridized carbons (Fsp3) is 0.350. The predicted octanol–water partition coefficient (Wildman–Crippen LogP) is 5.07. The maximum absolute atomic E-state index is 12.9. The van der Waals surface area contributed by atoms with Gasteiger partial charge >= 0.3 is 0 Å². The Labute approximate surface area is 133 Å². The van der Waals surface area contributed by atoms with E-state index in [2.05, 4.69) is 32.2 Å². The van der Waals surface area contributed by atoms with Crippen LogP contribution in [0.3, 0.4) is 0 Å². The molecule has 2 atom stereocenters. The normalized spacial score (nSPS) is 13.5. The van der Waals surface area contributed by atoms with Crippen molar-refractivity contribution in [2.24, 2.45) is 5.92 Å². The van der Waals surface area contributed by atoms with Gasteiger partial charge in [0.25, 0.3) is 0 Å². The van der Waals surface area contributed by atoms with E-state index in [0.717, 1.165) is 23.2 Å². The van der Waals surface area contributed by atoms with Gasteiger partial charge in [-0.1, -0.05) is 62.7 Å². The van der Waals surface area contributed by atoms with Crippen LogP contribution in [0.4, 0.5) is 5.69 Å². The number of carbonyl (C=O) groups excluding carboxylic acids is 1. The molecule has 0 aromatic heterocycles. The summed E-state index contributed by atoms with van der Waals surface area (Å²) in [7, 11) is 0. The standard InChI is InChI=1S/C20H25NO/c1-5-14(2)19(17-11-7-6-8-12-17)20(22)21-18-13-9-10-15(3)16(18)4/h6-14,19H,5H2,1-4H3,(H,21,22)/t14-,19-/m0/s1. The molecule has 0 heterocycles. The van der Waals surface area contributed by atoms with Crippen LogP contribution in [0, 0.1) is 19.8 Å². The third-order valence-corrected chi connectivity index (χ3v) is 4.52. The molecule has 0 saturated carbocycles. The lowest BCUT2D eigenvalue weighted by Gasteiger charge is -2.23. The summed E-state index contributed by atoms with van der Waals surface area (Å²) in [4.78, 5) is 12.9. The van der Waals surface area contributed by atoms with Crippen molar-refractivity contribution in [3.8, 4) is 0 Å². The zero-order valence-electron chi connectivity index (χ0n) is 13.9. The van der Waals surface area contributed by atoms with Gasteiger partial charge in [-0.05, 0) is 42.5 Å². The predicted molar refractivity (Wildman–Crippen MR) is 93.2 cm³/mol. The fourth-order valence-corrected chi connectivity index (χ4v) is 2.73. The molecule has 22 heavy (non-hydrogen) atoms. The van der Waals surface area contributed by atoms with Gasteiger partial charge < -0.3 is 5.32 Å². The van der Waals surface area contributed by atoms with Crippen molar-refractivity contribution in [3.63, 3.8) is 0 Å². The van der Waals surface area contributed by atoms with E-state index in [4.69, 9.17) is 0 Å². The zero-order valence-corrected chi connectivity index (χ0v) is 13.9. The molecule has 116 valence electrons. The van der Waals surface area contributed by atoms with E-state index in [1.165, 1.54) is 5.56 Å². The number of nitrogens with one attached hydrogen (secondary N) is 1. The molecule has 0 aliphatic rings. The molecule has 2 nitrogen and oxygen atoms in total. The molecular formula is C20H25NO. The van der Waals surface area contributed by atoms with Crippen LogP contribution in [0.25, 0.3) is 0 Å². The van der Waals surface area contributed by atoms with Crippen LogP contribution in [0.2, 0.25) is 0 Å². The number of aryl methyl sites for hydroxylation is 1. The van der Waals surface area contributed by atoms with Crippen molar-refractivity contribution in [2.45, 2.75) is 40.0 Å². The topological polar surface area (TPSA) is 29.1 Å². The van der Waals surface area contributed by atoms with Gasteiger partial charge in [0, 0.05) is 5.69 Å². The Morgan fingerprint density at radius 1 is 1.05 bits per heavy atom. The smallest absolute Gasteiger partial charge is 0.232 e. The lowest BCUT2D eigenvalue weighted by Crippen LogP contribution is -2.26. The highest BCUT2D eigenvalue weighted by Gasteiger charge is 2.26. The molecule has 0 fully saturated rings. The summed E-state index contributed by atoms with van der Waals surface area (Å²) >= 11 is 0. The summed E-state index contributed by atoms with van der Waals surface area (Å²) in [5, 5.41) is 3.13. The van der Waals surface area contributed by atoms with E-state index in [9.17, 15) is 4.79 Å². The van der Waals surface area contributed by atoms with Crippen molar-refractivity contribution in [2.75, 3.05) is 5.32 Å². The van der Waals surface area contributed by atoms with Gasteiger partial charge in [-0.2, -0.15) is 0 Å². The van der Waals surface area contributed by atoms with E-state index in [1.54, 1.807) is 0 Å². The van der Waals surface area contributed by atoms with Crippen LogP contribution in [-0.2, 0) is 4.79 Å². The molecule has 2 heteroatoms. The SMILES string of the molecule is CC[C@H](C)[C@H](C(=O)Nc1cccc(C)c1C)c1ccccc1. The Balaban J connectivity index is 2.28. The molecule has 1 amide bonds. The second kappa shape index (κ2) is 7.26. The Hall–Kier alpha value is -2.09. The van der Waals surface area contributed by atoms with Crippen LogP contribution in [0.5, 0.6) is 0 Å². The molecule has 0 aliphatic carbocycles.